The number of aromatic nitrogens is 4. The van der Waals surface area contributed by atoms with E-state index in [9.17, 15) is 4.79 Å². The molecule has 1 fully saturated rings. The largest absolute Gasteiger partial charge is 0.396 e. The zero-order chi connectivity index (χ0) is 17.1. The summed E-state index contributed by atoms with van der Waals surface area (Å²) in [5, 5.41) is 20.4. The molecule has 2 aromatic heterocycles. The number of aryl methyl sites for hydroxylation is 2. The Morgan fingerprint density at radius 3 is 3.00 bits per heavy atom. The maximum Gasteiger partial charge on any atom is 0.268 e. The first-order chi connectivity index (χ1) is 11.6. The van der Waals surface area contributed by atoms with Crippen molar-refractivity contribution >= 4 is 5.91 Å². The van der Waals surface area contributed by atoms with E-state index < -0.39 is 0 Å². The van der Waals surface area contributed by atoms with Crippen LogP contribution in [0.25, 0.3) is 0 Å². The van der Waals surface area contributed by atoms with Crippen LogP contribution in [0.15, 0.2) is 18.5 Å². The molecule has 0 unspecified atom stereocenters. The van der Waals surface area contributed by atoms with Crippen molar-refractivity contribution in [3.05, 3.63) is 35.4 Å². The fourth-order valence-electron chi connectivity index (χ4n) is 3.57. The van der Waals surface area contributed by atoms with Gasteiger partial charge in [-0.25, -0.2) is 0 Å². The van der Waals surface area contributed by atoms with Gasteiger partial charge in [0, 0.05) is 45.1 Å². The van der Waals surface area contributed by atoms with E-state index in [1.165, 1.54) is 0 Å². The fraction of sp³-hybridized carbons (Fsp3) is 0.588. The van der Waals surface area contributed by atoms with E-state index in [-0.39, 0.29) is 18.6 Å². The van der Waals surface area contributed by atoms with Crippen molar-refractivity contribution in [2.75, 3.05) is 6.61 Å². The lowest BCUT2D eigenvalue weighted by atomic mass is 10.0. The Morgan fingerprint density at radius 2 is 2.29 bits per heavy atom. The summed E-state index contributed by atoms with van der Waals surface area (Å²) in [5.41, 5.74) is 2.52. The quantitative estimate of drug-likeness (QED) is 0.829. The first kappa shape index (κ1) is 16.7. The topological polar surface area (TPSA) is 85.0 Å². The monoisotopic (exact) mass is 331 g/mol. The molecule has 7 heteroatoms. The predicted molar refractivity (Wildman–Crippen MR) is 89.6 cm³/mol. The van der Waals surface area contributed by atoms with E-state index in [4.69, 9.17) is 5.11 Å². The van der Waals surface area contributed by atoms with Gasteiger partial charge in [-0.2, -0.15) is 0 Å². The van der Waals surface area contributed by atoms with Crippen LogP contribution >= 0.6 is 0 Å². The Bertz CT molecular complexity index is 686. The highest BCUT2D eigenvalue weighted by Gasteiger charge is 2.30. The number of nitrogens with zero attached hydrogens (tertiary/aromatic N) is 4. The highest BCUT2D eigenvalue weighted by Crippen LogP contribution is 2.27. The van der Waals surface area contributed by atoms with Crippen molar-refractivity contribution in [3.63, 3.8) is 0 Å². The van der Waals surface area contributed by atoms with E-state index in [0.717, 1.165) is 42.8 Å². The van der Waals surface area contributed by atoms with Gasteiger partial charge in [-0.15, -0.1) is 5.10 Å². The minimum Gasteiger partial charge on any atom is -0.396 e. The molecule has 0 aliphatic heterocycles. The Morgan fingerprint density at radius 1 is 1.46 bits per heavy atom. The number of aliphatic hydroxyl groups excluding tert-OH is 1. The number of hydrogen-bond acceptors (Lipinski definition) is 4. The number of aliphatic hydroxyl groups is 1. The number of amides is 1. The summed E-state index contributed by atoms with van der Waals surface area (Å²) in [6.07, 6.45) is 7.51. The average Bonchev–Trinajstić information content (AvgIpc) is 3.23. The molecule has 1 aliphatic rings. The van der Waals surface area contributed by atoms with Crippen molar-refractivity contribution in [1.29, 1.82) is 0 Å². The molecule has 3 rings (SSSR count). The van der Waals surface area contributed by atoms with Gasteiger partial charge in [0.1, 0.15) is 5.69 Å². The molecule has 24 heavy (non-hydrogen) atoms. The van der Waals surface area contributed by atoms with Crippen LogP contribution in [-0.2, 0) is 20.0 Å². The number of carbonyl (C=O) groups is 1. The molecule has 0 saturated heterocycles. The van der Waals surface area contributed by atoms with Gasteiger partial charge in [-0.05, 0) is 37.3 Å². The van der Waals surface area contributed by atoms with Gasteiger partial charge in [0.15, 0.2) is 0 Å². The first-order valence-electron chi connectivity index (χ1n) is 8.51. The molecule has 0 spiro atoms. The van der Waals surface area contributed by atoms with Crippen molar-refractivity contribution in [1.82, 2.24) is 24.9 Å². The van der Waals surface area contributed by atoms with Crippen LogP contribution in [0, 0.1) is 12.8 Å². The summed E-state index contributed by atoms with van der Waals surface area (Å²) in [5.74, 6) is 0.356. The molecule has 130 valence electrons. The molecule has 2 N–H and O–H groups in total. The smallest absolute Gasteiger partial charge is 0.268 e. The van der Waals surface area contributed by atoms with Crippen molar-refractivity contribution in [3.8, 4) is 0 Å². The minimum atomic E-state index is -0.00328. The lowest BCUT2D eigenvalue weighted by Gasteiger charge is -2.21. The second kappa shape index (κ2) is 7.17. The molecule has 2 heterocycles. The second-order valence-electron chi connectivity index (χ2n) is 6.63. The van der Waals surface area contributed by atoms with Gasteiger partial charge in [-0.1, -0.05) is 11.6 Å². The number of carbonyl (C=O) groups excluding carboxylic acids is 1. The number of rotatable bonds is 6. The first-order valence-corrected chi connectivity index (χ1v) is 8.51. The zero-order valence-corrected chi connectivity index (χ0v) is 14.3. The van der Waals surface area contributed by atoms with E-state index in [0.29, 0.717) is 12.3 Å². The summed E-state index contributed by atoms with van der Waals surface area (Å²) in [7, 11) is 1.89. The SMILES string of the molecule is Cc1ccn(C)c1C(=O)N[C@@H]1CCC[C@@H]1Cn1cc(CCO)nn1. The standard InChI is InChI=1S/C17H25N5O2/c1-12-6-8-21(2)16(12)17(24)18-15-5-3-4-13(15)10-22-11-14(7-9-23)19-20-22/h6,8,11,13,15,23H,3-5,7,9-10H2,1-2H3,(H,18,24)/t13-,15-/m1/s1. The maximum absolute atomic E-state index is 12.6. The van der Waals surface area contributed by atoms with Crippen LogP contribution < -0.4 is 5.32 Å². The van der Waals surface area contributed by atoms with Crippen LogP contribution in [0.4, 0.5) is 0 Å². The van der Waals surface area contributed by atoms with Crippen molar-refractivity contribution in [2.24, 2.45) is 13.0 Å². The normalized spacial score (nSPS) is 20.5. The third-order valence-electron chi connectivity index (χ3n) is 4.84. The fourth-order valence-corrected chi connectivity index (χ4v) is 3.57. The summed E-state index contributed by atoms with van der Waals surface area (Å²) in [4.78, 5) is 12.6. The predicted octanol–water partition coefficient (Wildman–Crippen LogP) is 1.06. The molecule has 7 nitrogen and oxygen atoms in total. The van der Waals surface area contributed by atoms with Gasteiger partial charge in [-0.3, -0.25) is 9.48 Å². The van der Waals surface area contributed by atoms with Gasteiger partial charge in [0.2, 0.25) is 0 Å². The average molecular weight is 331 g/mol. The summed E-state index contributed by atoms with van der Waals surface area (Å²) in [6, 6.07) is 2.12. The molecular weight excluding hydrogens is 306 g/mol. The Kier molecular flexibility index (Phi) is 4.99. The third kappa shape index (κ3) is 3.51. The molecule has 1 amide bonds. The van der Waals surface area contributed by atoms with Crippen LogP contribution in [0.3, 0.4) is 0 Å². The highest BCUT2D eigenvalue weighted by atomic mass is 16.3. The van der Waals surface area contributed by atoms with E-state index in [2.05, 4.69) is 15.6 Å². The lowest BCUT2D eigenvalue weighted by Crippen LogP contribution is -2.39. The molecule has 1 aliphatic carbocycles. The third-order valence-corrected chi connectivity index (χ3v) is 4.84. The van der Waals surface area contributed by atoms with Crippen molar-refractivity contribution in [2.45, 2.75) is 45.2 Å². The highest BCUT2D eigenvalue weighted by molar-refractivity contribution is 5.94. The van der Waals surface area contributed by atoms with Crippen LogP contribution in [-0.4, -0.2) is 43.2 Å². The Balaban J connectivity index is 1.63. The molecule has 0 bridgehead atoms. The Hall–Kier alpha value is -2.15. The van der Waals surface area contributed by atoms with Gasteiger partial charge in [0.25, 0.3) is 5.91 Å². The maximum atomic E-state index is 12.6. The minimum absolute atomic E-state index is 0.00328. The van der Waals surface area contributed by atoms with Gasteiger partial charge >= 0.3 is 0 Å². The van der Waals surface area contributed by atoms with E-state index in [1.807, 2.05) is 41.7 Å². The lowest BCUT2D eigenvalue weighted by molar-refractivity contribution is 0.0916. The number of nitrogens with one attached hydrogen (secondary N) is 1. The zero-order valence-electron chi connectivity index (χ0n) is 14.3. The molecule has 2 aromatic rings. The van der Waals surface area contributed by atoms with Crippen LogP contribution in [0.2, 0.25) is 0 Å². The number of hydrogen-bond donors (Lipinski definition) is 2. The van der Waals surface area contributed by atoms with Crippen LogP contribution in [0.1, 0.15) is 41.0 Å². The molecule has 0 aromatic carbocycles. The van der Waals surface area contributed by atoms with Gasteiger partial charge in [0.05, 0.1) is 5.69 Å². The molecule has 2 atom stereocenters. The van der Waals surface area contributed by atoms with Gasteiger partial charge < -0.3 is 15.0 Å². The Labute approximate surface area is 141 Å². The van der Waals surface area contributed by atoms with Crippen LogP contribution in [0.5, 0.6) is 0 Å². The summed E-state index contributed by atoms with van der Waals surface area (Å²) in [6.45, 7) is 2.78. The molecular formula is C17H25N5O2. The molecule has 1 saturated carbocycles. The van der Waals surface area contributed by atoms with E-state index in [1.54, 1.807) is 0 Å². The summed E-state index contributed by atoms with van der Waals surface area (Å²) < 4.78 is 3.70. The van der Waals surface area contributed by atoms with Crippen molar-refractivity contribution < 1.29 is 9.90 Å². The molecule has 0 radical (unpaired) electrons. The van der Waals surface area contributed by atoms with E-state index >= 15 is 0 Å². The summed E-state index contributed by atoms with van der Waals surface area (Å²) >= 11 is 0. The second-order valence-corrected chi connectivity index (χ2v) is 6.63.